The average Bonchev–Trinajstić information content (AvgIpc) is 2.96. The molecule has 3 heterocycles. The Morgan fingerprint density at radius 3 is 2.85 bits per heavy atom. The number of carboxylic acids is 1. The quantitative estimate of drug-likeness (QED) is 0.246. The van der Waals surface area contributed by atoms with Gasteiger partial charge in [-0.1, -0.05) is 11.8 Å². The van der Waals surface area contributed by atoms with Crippen LogP contribution in [0.2, 0.25) is 0 Å². The molecule has 0 aromatic carbocycles. The first-order chi connectivity index (χ1) is 11.8. The number of aryl methyl sites for hydroxylation is 1. The second kappa shape index (κ2) is 8.58. The summed E-state index contributed by atoms with van der Waals surface area (Å²) in [5.41, 5.74) is 0.629. The van der Waals surface area contributed by atoms with E-state index >= 15 is 0 Å². The Bertz CT molecular complexity index is 862. The molecule has 1 saturated heterocycles. The number of fused-ring (bicyclic) bond motifs is 1. The molecular weight excluding hydrogens is 415 g/mol. The molecule has 0 bridgehead atoms. The number of thioether (sulfide) groups is 2. The fourth-order valence-electron chi connectivity index (χ4n) is 2.39. The van der Waals surface area contributed by atoms with E-state index in [-0.39, 0.29) is 66.0 Å². The molecular formula is C11H15N6NaO5S3. The van der Waals surface area contributed by atoms with Crippen molar-refractivity contribution in [1.29, 1.82) is 0 Å². The Hall–Kier alpha value is -0.640. The van der Waals surface area contributed by atoms with E-state index in [1.165, 1.54) is 33.1 Å². The maximum absolute atomic E-state index is 11.7. The summed E-state index contributed by atoms with van der Waals surface area (Å²) in [5, 5.41) is 25.6. The van der Waals surface area contributed by atoms with E-state index in [1.807, 2.05) is 0 Å². The Kier molecular flexibility index (Phi) is 7.15. The van der Waals surface area contributed by atoms with Gasteiger partial charge in [-0.25, -0.2) is 23.0 Å². The molecule has 3 N–H and O–H groups in total. The van der Waals surface area contributed by atoms with Crippen molar-refractivity contribution in [3.05, 3.63) is 11.3 Å². The number of aromatic nitrogens is 4. The predicted octanol–water partition coefficient (Wildman–Crippen LogP) is -4.19. The zero-order valence-corrected chi connectivity index (χ0v) is 18.2. The number of β-lactam (4-membered cyclic amide) rings is 1. The van der Waals surface area contributed by atoms with Gasteiger partial charge in [0.2, 0.25) is 21.1 Å². The number of carbonyl (C=O) groups is 2. The zero-order chi connectivity index (χ0) is 18.2. The number of carbonyl (C=O) groups excluding carboxylic acids is 1. The third-order valence-electron chi connectivity index (χ3n) is 3.60. The van der Waals surface area contributed by atoms with Crippen molar-refractivity contribution in [2.45, 2.75) is 23.5 Å². The van der Waals surface area contributed by atoms with E-state index < -0.39 is 16.0 Å². The van der Waals surface area contributed by atoms with Gasteiger partial charge in [-0.3, -0.25) is 9.69 Å². The van der Waals surface area contributed by atoms with Crippen LogP contribution in [0.5, 0.6) is 0 Å². The van der Waals surface area contributed by atoms with Gasteiger partial charge in [0.1, 0.15) is 5.70 Å². The van der Waals surface area contributed by atoms with E-state index in [9.17, 15) is 23.1 Å². The minimum atomic E-state index is -3.64. The van der Waals surface area contributed by atoms with E-state index in [0.717, 1.165) is 0 Å². The molecule has 2 aliphatic rings. The monoisotopic (exact) mass is 430 g/mol. The molecule has 1 amide bonds. The van der Waals surface area contributed by atoms with E-state index in [2.05, 4.69) is 15.5 Å². The number of rotatable bonds is 7. The molecule has 0 saturated carbocycles. The minimum absolute atomic E-state index is 0. The summed E-state index contributed by atoms with van der Waals surface area (Å²) in [5.74, 6) is -0.866. The normalized spacial score (nSPS) is 19.7. The van der Waals surface area contributed by atoms with Crippen LogP contribution in [0.4, 0.5) is 0 Å². The van der Waals surface area contributed by atoms with Crippen molar-refractivity contribution in [2.24, 2.45) is 5.14 Å². The Balaban J connectivity index is 0.00000182. The number of aliphatic carboxylic acids is 1. The zero-order valence-electron chi connectivity index (χ0n) is 14.7. The Morgan fingerprint density at radius 2 is 2.23 bits per heavy atom. The van der Waals surface area contributed by atoms with Gasteiger partial charge in [0.25, 0.3) is 0 Å². The number of primary sulfonamides is 1. The Labute approximate surface area is 180 Å². The minimum Gasteiger partial charge on any atom is -1.00 e. The number of hydrogen-bond acceptors (Lipinski definition) is 9. The first kappa shape index (κ1) is 21.7. The van der Waals surface area contributed by atoms with Crippen LogP contribution < -0.4 is 34.7 Å². The number of tetrazole rings is 1. The van der Waals surface area contributed by atoms with Crippen LogP contribution in [-0.4, -0.2) is 73.1 Å². The van der Waals surface area contributed by atoms with Crippen molar-refractivity contribution in [3.8, 4) is 0 Å². The molecule has 2 aliphatic heterocycles. The molecule has 138 valence electrons. The summed E-state index contributed by atoms with van der Waals surface area (Å²) in [6.45, 7) is 0.000434. The largest absolute Gasteiger partial charge is 1.00 e. The number of nitrogens with two attached hydrogens (primary N) is 1. The second-order valence-electron chi connectivity index (χ2n) is 5.33. The van der Waals surface area contributed by atoms with Gasteiger partial charge in [0.15, 0.2) is 0 Å². The number of carboxylic acid groups (broad SMARTS) is 1. The van der Waals surface area contributed by atoms with Crippen molar-refractivity contribution in [2.75, 3.05) is 17.3 Å². The molecule has 0 unspecified atom stereocenters. The molecule has 3 rings (SSSR count). The van der Waals surface area contributed by atoms with E-state index in [0.29, 0.717) is 22.9 Å². The summed E-state index contributed by atoms with van der Waals surface area (Å²) >= 11 is 2.70. The van der Waals surface area contributed by atoms with Crippen LogP contribution in [0.25, 0.3) is 0 Å². The predicted molar refractivity (Wildman–Crippen MR) is 90.0 cm³/mol. The summed E-state index contributed by atoms with van der Waals surface area (Å²) in [6.07, 6.45) is 0.355. The summed E-state index contributed by atoms with van der Waals surface area (Å²) in [4.78, 5) is 24.6. The number of hydrogen-bond donors (Lipinski definition) is 2. The summed E-state index contributed by atoms with van der Waals surface area (Å²) in [6, 6.07) is 0. The van der Waals surface area contributed by atoms with Gasteiger partial charge >= 0.3 is 35.5 Å². The molecule has 1 fully saturated rings. The van der Waals surface area contributed by atoms with Gasteiger partial charge in [-0.05, 0) is 16.0 Å². The van der Waals surface area contributed by atoms with Gasteiger partial charge in [-0.15, -0.1) is 16.9 Å². The smallest absolute Gasteiger partial charge is 1.00 e. The molecule has 1 atom stereocenters. The number of amides is 1. The molecule has 11 nitrogen and oxygen atoms in total. The van der Waals surface area contributed by atoms with Crippen LogP contribution in [-0.2, 0) is 26.2 Å². The van der Waals surface area contributed by atoms with Crippen LogP contribution in [0.1, 0.15) is 7.85 Å². The Morgan fingerprint density at radius 1 is 1.50 bits per heavy atom. The van der Waals surface area contributed by atoms with Crippen molar-refractivity contribution in [1.82, 2.24) is 25.1 Å². The van der Waals surface area contributed by atoms with Crippen LogP contribution in [0.15, 0.2) is 16.4 Å². The van der Waals surface area contributed by atoms with Crippen LogP contribution >= 0.6 is 23.5 Å². The number of nitrogens with zero attached hydrogens (tertiary/aromatic N) is 5. The molecule has 1 aromatic rings. The third kappa shape index (κ3) is 4.79. The fourth-order valence-corrected chi connectivity index (χ4v) is 5.13. The maximum atomic E-state index is 11.7. The van der Waals surface area contributed by atoms with Gasteiger partial charge < -0.3 is 6.53 Å². The van der Waals surface area contributed by atoms with Crippen LogP contribution in [0.3, 0.4) is 0 Å². The van der Waals surface area contributed by atoms with Gasteiger partial charge in [0, 0.05) is 11.5 Å². The van der Waals surface area contributed by atoms with Crippen molar-refractivity contribution < 1.29 is 54.1 Å². The maximum Gasteiger partial charge on any atom is 1.00 e. The average molecular weight is 430 g/mol. The molecule has 26 heavy (non-hydrogen) atoms. The molecule has 0 radical (unpaired) electrons. The molecule has 15 heteroatoms. The summed E-state index contributed by atoms with van der Waals surface area (Å²) in [7, 11) is -3.64. The second-order valence-corrected chi connectivity index (χ2v) is 9.17. The van der Waals surface area contributed by atoms with Gasteiger partial charge in [-0.2, -0.15) is 0 Å². The van der Waals surface area contributed by atoms with Crippen molar-refractivity contribution >= 4 is 45.4 Å². The molecule has 0 spiro atoms. The van der Waals surface area contributed by atoms with E-state index in [1.54, 1.807) is 0 Å². The summed E-state index contributed by atoms with van der Waals surface area (Å²) < 4.78 is 23.4. The standard InChI is InChI=1S/C11H14N6O5S3.Na.H/c12-25(21,22)2-1-16-11(13-14-15-16)24-5-6-4-23-8-3-7(18)17(8)9(6)10(19)20;;/h8H,1-5H2,(H,19,20)(H2,12,21,22);;/q;+1;-1/t8-;;/m1../s1. The van der Waals surface area contributed by atoms with Crippen LogP contribution in [0, 0.1) is 0 Å². The molecule has 0 aliphatic carbocycles. The first-order valence-corrected chi connectivity index (χ1v) is 10.8. The SMILES string of the molecule is NS(=O)(=O)CCn1nnnc1SCC1=C(C(=O)O)N2C(=O)C[C@H]2SC1.[H-].[Na+]. The first-order valence-electron chi connectivity index (χ1n) is 7.04. The van der Waals surface area contributed by atoms with Crippen molar-refractivity contribution in [3.63, 3.8) is 0 Å². The van der Waals surface area contributed by atoms with E-state index in [4.69, 9.17) is 5.14 Å². The molecule has 1 aromatic heterocycles. The third-order valence-corrected chi connectivity index (χ3v) is 6.67. The fraction of sp³-hybridized carbons (Fsp3) is 0.545. The topological polar surface area (TPSA) is 161 Å². The van der Waals surface area contributed by atoms with Gasteiger partial charge in [0.05, 0.1) is 24.1 Å². The number of sulfonamides is 1.